The number of aromatic amines is 1. The van der Waals surface area contributed by atoms with Gasteiger partial charge in [0.2, 0.25) is 0 Å². The summed E-state index contributed by atoms with van der Waals surface area (Å²) >= 11 is 0. The Morgan fingerprint density at radius 3 is 2.60 bits per heavy atom. The SMILES string of the molecule is CCNCc1c(S(=O)(=O)NC(C)(C)C2CC2)n[nH]c1C. The Balaban J connectivity index is 2.25. The summed E-state index contributed by atoms with van der Waals surface area (Å²) in [5.74, 6) is 0.425. The predicted molar refractivity (Wildman–Crippen MR) is 77.8 cm³/mol. The van der Waals surface area contributed by atoms with Gasteiger partial charge in [-0.05, 0) is 46.1 Å². The molecule has 0 radical (unpaired) electrons. The molecule has 1 saturated carbocycles. The number of nitrogens with zero attached hydrogens (tertiary/aromatic N) is 1. The quantitative estimate of drug-likeness (QED) is 0.708. The molecule has 0 saturated heterocycles. The van der Waals surface area contributed by atoms with Gasteiger partial charge in [0, 0.05) is 23.3 Å². The third kappa shape index (κ3) is 3.21. The zero-order valence-electron chi connectivity index (χ0n) is 12.6. The Hall–Kier alpha value is -0.920. The van der Waals surface area contributed by atoms with Crippen molar-refractivity contribution in [2.24, 2.45) is 5.92 Å². The molecule has 2 rings (SSSR count). The van der Waals surface area contributed by atoms with Crippen LogP contribution in [0.3, 0.4) is 0 Å². The smallest absolute Gasteiger partial charge is 0.260 e. The van der Waals surface area contributed by atoms with Gasteiger partial charge in [0.25, 0.3) is 10.0 Å². The lowest BCUT2D eigenvalue weighted by molar-refractivity contribution is 0.399. The second kappa shape index (κ2) is 5.46. The third-order valence-corrected chi connectivity index (χ3v) is 5.48. The van der Waals surface area contributed by atoms with Crippen LogP contribution in [0, 0.1) is 12.8 Å². The Labute approximate surface area is 120 Å². The highest BCUT2D eigenvalue weighted by Crippen LogP contribution is 2.40. The second-order valence-electron chi connectivity index (χ2n) is 6.01. The highest BCUT2D eigenvalue weighted by molar-refractivity contribution is 7.89. The van der Waals surface area contributed by atoms with Crippen molar-refractivity contribution in [3.05, 3.63) is 11.3 Å². The molecule has 0 unspecified atom stereocenters. The van der Waals surface area contributed by atoms with Crippen LogP contribution in [0.15, 0.2) is 5.03 Å². The molecular weight excluding hydrogens is 276 g/mol. The van der Waals surface area contributed by atoms with Crippen LogP contribution in [0.5, 0.6) is 0 Å². The summed E-state index contributed by atoms with van der Waals surface area (Å²) < 4.78 is 27.9. The minimum atomic E-state index is -3.60. The highest BCUT2D eigenvalue weighted by Gasteiger charge is 2.41. The van der Waals surface area contributed by atoms with Crippen LogP contribution in [0.2, 0.25) is 0 Å². The van der Waals surface area contributed by atoms with Gasteiger partial charge in [-0.15, -0.1) is 0 Å². The fourth-order valence-electron chi connectivity index (χ4n) is 2.39. The molecule has 6 nitrogen and oxygen atoms in total. The van der Waals surface area contributed by atoms with Crippen molar-refractivity contribution in [2.75, 3.05) is 6.54 Å². The molecule has 0 spiro atoms. The van der Waals surface area contributed by atoms with Crippen molar-refractivity contribution < 1.29 is 8.42 Å². The summed E-state index contributed by atoms with van der Waals surface area (Å²) in [4.78, 5) is 0. The number of aryl methyl sites for hydroxylation is 1. The Morgan fingerprint density at radius 2 is 2.05 bits per heavy atom. The largest absolute Gasteiger partial charge is 0.313 e. The van der Waals surface area contributed by atoms with E-state index >= 15 is 0 Å². The number of nitrogens with one attached hydrogen (secondary N) is 3. The van der Waals surface area contributed by atoms with Gasteiger partial charge in [-0.25, -0.2) is 13.1 Å². The lowest BCUT2D eigenvalue weighted by Gasteiger charge is -2.25. The van der Waals surface area contributed by atoms with E-state index in [-0.39, 0.29) is 5.03 Å². The number of H-pyrrole nitrogens is 1. The van der Waals surface area contributed by atoms with E-state index in [2.05, 4.69) is 20.2 Å². The molecule has 0 aromatic carbocycles. The highest BCUT2D eigenvalue weighted by atomic mass is 32.2. The van der Waals surface area contributed by atoms with E-state index in [0.29, 0.717) is 18.0 Å². The molecule has 1 aliphatic carbocycles. The summed E-state index contributed by atoms with van der Waals surface area (Å²) in [6, 6.07) is 0. The van der Waals surface area contributed by atoms with Gasteiger partial charge < -0.3 is 5.32 Å². The first-order valence-corrected chi connectivity index (χ1v) is 8.54. The van der Waals surface area contributed by atoms with E-state index in [1.807, 2.05) is 27.7 Å². The number of sulfonamides is 1. The third-order valence-electron chi connectivity index (χ3n) is 3.84. The van der Waals surface area contributed by atoms with Crippen molar-refractivity contribution in [1.29, 1.82) is 0 Å². The molecule has 0 atom stereocenters. The van der Waals surface area contributed by atoms with E-state index in [9.17, 15) is 8.42 Å². The molecule has 1 aliphatic rings. The van der Waals surface area contributed by atoms with E-state index < -0.39 is 15.6 Å². The zero-order valence-corrected chi connectivity index (χ0v) is 13.4. The average Bonchev–Trinajstić information content (AvgIpc) is 3.11. The van der Waals surface area contributed by atoms with Gasteiger partial charge in [0.15, 0.2) is 5.03 Å². The monoisotopic (exact) mass is 300 g/mol. The number of hydrogen-bond donors (Lipinski definition) is 3. The molecule has 3 N–H and O–H groups in total. The standard InChI is InChI=1S/C13H24N4O2S/c1-5-14-8-11-9(2)15-16-12(11)20(18,19)17-13(3,4)10-6-7-10/h10,14,17H,5-8H2,1-4H3,(H,15,16). The first-order chi connectivity index (χ1) is 9.28. The first-order valence-electron chi connectivity index (χ1n) is 7.06. The number of hydrogen-bond acceptors (Lipinski definition) is 4. The van der Waals surface area contributed by atoms with Gasteiger partial charge in [-0.1, -0.05) is 6.92 Å². The molecule has 0 bridgehead atoms. The summed E-state index contributed by atoms with van der Waals surface area (Å²) in [6.07, 6.45) is 2.17. The lowest BCUT2D eigenvalue weighted by atomic mass is 10.0. The van der Waals surface area contributed by atoms with Crippen LogP contribution in [-0.2, 0) is 16.6 Å². The van der Waals surface area contributed by atoms with Crippen LogP contribution in [-0.4, -0.2) is 30.7 Å². The number of aromatic nitrogens is 2. The molecule has 20 heavy (non-hydrogen) atoms. The Bertz CT molecular complexity index is 573. The van der Waals surface area contributed by atoms with Gasteiger partial charge >= 0.3 is 0 Å². The van der Waals surface area contributed by atoms with E-state index in [1.165, 1.54) is 0 Å². The van der Waals surface area contributed by atoms with Crippen LogP contribution < -0.4 is 10.0 Å². The summed E-state index contributed by atoms with van der Waals surface area (Å²) in [5, 5.41) is 10.0. The predicted octanol–water partition coefficient (Wildman–Crippen LogP) is 1.29. The van der Waals surface area contributed by atoms with Crippen LogP contribution >= 0.6 is 0 Å². The van der Waals surface area contributed by atoms with E-state index in [0.717, 1.165) is 25.1 Å². The molecule has 1 heterocycles. The molecule has 0 amide bonds. The van der Waals surface area contributed by atoms with Crippen LogP contribution in [0.1, 0.15) is 44.9 Å². The average molecular weight is 300 g/mol. The molecular formula is C13H24N4O2S. The lowest BCUT2D eigenvalue weighted by Crippen LogP contribution is -2.45. The van der Waals surface area contributed by atoms with Gasteiger partial charge in [0.1, 0.15) is 0 Å². The minimum Gasteiger partial charge on any atom is -0.313 e. The maximum atomic E-state index is 12.6. The normalized spacial score (nSPS) is 16.6. The van der Waals surface area contributed by atoms with Gasteiger partial charge in [-0.3, -0.25) is 5.10 Å². The number of rotatable bonds is 7. The minimum absolute atomic E-state index is 0.115. The maximum absolute atomic E-state index is 12.6. The maximum Gasteiger partial charge on any atom is 0.260 e. The Kier molecular flexibility index (Phi) is 4.22. The van der Waals surface area contributed by atoms with Gasteiger partial charge in [0.05, 0.1) is 0 Å². The van der Waals surface area contributed by atoms with Crippen molar-refractivity contribution >= 4 is 10.0 Å². The summed E-state index contributed by atoms with van der Waals surface area (Å²) in [5.41, 5.74) is 1.09. The van der Waals surface area contributed by atoms with E-state index in [4.69, 9.17) is 0 Å². The first kappa shape index (κ1) is 15.5. The molecule has 7 heteroatoms. The van der Waals surface area contributed by atoms with Crippen LogP contribution in [0.4, 0.5) is 0 Å². The topological polar surface area (TPSA) is 86.9 Å². The summed E-state index contributed by atoms with van der Waals surface area (Å²) in [6.45, 7) is 8.98. The van der Waals surface area contributed by atoms with Gasteiger partial charge in [-0.2, -0.15) is 5.10 Å². The molecule has 1 aromatic rings. The molecule has 1 fully saturated rings. The van der Waals surface area contributed by atoms with Crippen molar-refractivity contribution in [1.82, 2.24) is 20.2 Å². The fraction of sp³-hybridized carbons (Fsp3) is 0.769. The van der Waals surface area contributed by atoms with Crippen molar-refractivity contribution in [3.8, 4) is 0 Å². The Morgan fingerprint density at radius 1 is 1.40 bits per heavy atom. The summed E-state index contributed by atoms with van der Waals surface area (Å²) in [7, 11) is -3.60. The zero-order chi connectivity index (χ0) is 15.0. The second-order valence-corrected chi connectivity index (χ2v) is 7.61. The van der Waals surface area contributed by atoms with Crippen LogP contribution in [0.25, 0.3) is 0 Å². The van der Waals surface area contributed by atoms with E-state index in [1.54, 1.807) is 0 Å². The molecule has 0 aliphatic heterocycles. The molecule has 114 valence electrons. The van der Waals surface area contributed by atoms with Crippen molar-refractivity contribution in [3.63, 3.8) is 0 Å². The fourth-order valence-corrected chi connectivity index (χ4v) is 4.06. The van der Waals surface area contributed by atoms with Crippen molar-refractivity contribution in [2.45, 2.75) is 57.6 Å². The molecule has 1 aromatic heterocycles.